The number of aliphatic hydroxyl groups excluding tert-OH is 2. The van der Waals surface area contributed by atoms with Gasteiger partial charge in [0, 0.05) is 16.7 Å². The second kappa shape index (κ2) is 7.24. The fourth-order valence-corrected chi connectivity index (χ4v) is 2.50. The summed E-state index contributed by atoms with van der Waals surface area (Å²) in [5, 5.41) is 21.8. The molecule has 3 N–H and O–H groups in total. The van der Waals surface area contributed by atoms with E-state index in [1.54, 1.807) is 0 Å². The third-order valence-corrected chi connectivity index (χ3v) is 4.17. The van der Waals surface area contributed by atoms with Crippen LogP contribution in [0.15, 0.2) is 23.1 Å². The summed E-state index contributed by atoms with van der Waals surface area (Å²) in [6.45, 7) is 1.84. The highest BCUT2D eigenvalue weighted by Gasteiger charge is 2.09. The number of hydrogen-bond acceptors (Lipinski definition) is 4. The van der Waals surface area contributed by atoms with Crippen LogP contribution in [0.2, 0.25) is 5.02 Å². The predicted molar refractivity (Wildman–Crippen MR) is 72.7 cm³/mol. The Morgan fingerprint density at radius 2 is 2.18 bits per heavy atom. The van der Waals surface area contributed by atoms with E-state index in [0.29, 0.717) is 10.8 Å². The molecule has 0 bridgehead atoms. The van der Waals surface area contributed by atoms with Crippen molar-refractivity contribution < 1.29 is 10.2 Å². The minimum absolute atomic E-state index is 0.223. The molecule has 3 nitrogen and oxygen atoms in total. The summed E-state index contributed by atoms with van der Waals surface area (Å²) in [7, 11) is 1.90. The van der Waals surface area contributed by atoms with Gasteiger partial charge in [0.15, 0.2) is 0 Å². The summed E-state index contributed by atoms with van der Waals surface area (Å²) in [5.41, 5.74) is 1.13. The zero-order valence-corrected chi connectivity index (χ0v) is 11.6. The molecule has 96 valence electrons. The Bertz CT molecular complexity index is 362. The van der Waals surface area contributed by atoms with E-state index in [0.717, 1.165) is 10.5 Å². The first kappa shape index (κ1) is 14.8. The van der Waals surface area contributed by atoms with Crippen LogP contribution in [-0.4, -0.2) is 35.7 Å². The number of hydrogen-bond donors (Lipinski definition) is 3. The molecule has 0 aliphatic rings. The van der Waals surface area contributed by atoms with Crippen molar-refractivity contribution in [1.82, 2.24) is 5.32 Å². The third-order valence-electron chi connectivity index (χ3n) is 2.53. The topological polar surface area (TPSA) is 52.5 Å². The maximum absolute atomic E-state index is 9.27. The second-order valence-electron chi connectivity index (χ2n) is 3.85. The monoisotopic (exact) mass is 275 g/mol. The molecule has 0 spiro atoms. The fraction of sp³-hybridized carbons (Fsp3) is 0.500. The average molecular weight is 276 g/mol. The standard InChI is InChI=1S/C12H18ClNO2S/c1-8(14-2)9-3-4-12(11(13)5-9)17-7-10(16)6-15/h3-5,8,10,14-16H,6-7H2,1-2H3. The lowest BCUT2D eigenvalue weighted by Crippen LogP contribution is -2.14. The van der Waals surface area contributed by atoms with Gasteiger partial charge >= 0.3 is 0 Å². The van der Waals surface area contributed by atoms with Crippen LogP contribution in [0.25, 0.3) is 0 Å². The van der Waals surface area contributed by atoms with Crippen LogP contribution in [0.5, 0.6) is 0 Å². The Labute approximate surface area is 111 Å². The molecule has 1 rings (SSSR count). The van der Waals surface area contributed by atoms with Crippen LogP contribution < -0.4 is 5.32 Å². The first-order chi connectivity index (χ1) is 8.08. The van der Waals surface area contributed by atoms with Gasteiger partial charge in [-0.1, -0.05) is 17.7 Å². The van der Waals surface area contributed by atoms with E-state index in [4.69, 9.17) is 16.7 Å². The van der Waals surface area contributed by atoms with Crippen LogP contribution in [0.3, 0.4) is 0 Å². The summed E-state index contributed by atoms with van der Waals surface area (Å²) >= 11 is 7.61. The molecule has 0 heterocycles. The number of nitrogens with one attached hydrogen (secondary N) is 1. The van der Waals surface area contributed by atoms with E-state index < -0.39 is 6.10 Å². The van der Waals surface area contributed by atoms with Crippen molar-refractivity contribution >= 4 is 23.4 Å². The van der Waals surface area contributed by atoms with Crippen molar-refractivity contribution in [2.75, 3.05) is 19.4 Å². The van der Waals surface area contributed by atoms with Crippen molar-refractivity contribution in [1.29, 1.82) is 0 Å². The van der Waals surface area contributed by atoms with Crippen LogP contribution in [0.4, 0.5) is 0 Å². The van der Waals surface area contributed by atoms with Crippen molar-refractivity contribution in [2.45, 2.75) is 24.0 Å². The molecule has 17 heavy (non-hydrogen) atoms. The van der Waals surface area contributed by atoms with Gasteiger partial charge in [-0.3, -0.25) is 0 Å². The molecular formula is C12H18ClNO2S. The van der Waals surface area contributed by atoms with Gasteiger partial charge in [0.2, 0.25) is 0 Å². The number of benzene rings is 1. The molecule has 5 heteroatoms. The van der Waals surface area contributed by atoms with E-state index in [1.807, 2.05) is 25.2 Å². The summed E-state index contributed by atoms with van der Waals surface area (Å²) in [6, 6.07) is 6.15. The lowest BCUT2D eigenvalue weighted by Gasteiger charge is -2.13. The van der Waals surface area contributed by atoms with Crippen LogP contribution in [0, 0.1) is 0 Å². The molecule has 1 aromatic rings. The first-order valence-electron chi connectivity index (χ1n) is 5.47. The predicted octanol–water partition coefficient (Wildman–Crippen LogP) is 2.07. The molecule has 0 amide bonds. The highest BCUT2D eigenvalue weighted by molar-refractivity contribution is 7.99. The van der Waals surface area contributed by atoms with Crippen LogP contribution in [0.1, 0.15) is 18.5 Å². The number of halogens is 1. The summed E-state index contributed by atoms with van der Waals surface area (Å²) < 4.78 is 0. The van der Waals surface area contributed by atoms with E-state index in [1.165, 1.54) is 11.8 Å². The van der Waals surface area contributed by atoms with Crippen LogP contribution >= 0.6 is 23.4 Å². The SMILES string of the molecule is CNC(C)c1ccc(SCC(O)CO)c(Cl)c1. The molecule has 0 radical (unpaired) electrons. The van der Waals surface area contributed by atoms with Gasteiger partial charge in [-0.15, -0.1) is 11.8 Å². The Hall–Kier alpha value is -0.260. The summed E-state index contributed by atoms with van der Waals surface area (Å²) in [6.07, 6.45) is -0.702. The van der Waals surface area contributed by atoms with Gasteiger partial charge < -0.3 is 15.5 Å². The maximum Gasteiger partial charge on any atom is 0.0864 e. The normalized spacial score (nSPS) is 14.6. The molecule has 0 aromatic heterocycles. The quantitative estimate of drug-likeness (QED) is 0.696. The molecule has 0 aliphatic carbocycles. The van der Waals surface area contributed by atoms with E-state index >= 15 is 0 Å². The van der Waals surface area contributed by atoms with Gasteiger partial charge in [-0.2, -0.15) is 0 Å². The molecule has 0 aliphatic heterocycles. The molecule has 0 saturated heterocycles. The van der Waals surface area contributed by atoms with Crippen molar-refractivity contribution in [2.24, 2.45) is 0 Å². The minimum atomic E-state index is -0.702. The van der Waals surface area contributed by atoms with Gasteiger partial charge in [0.05, 0.1) is 17.7 Å². The maximum atomic E-state index is 9.27. The van der Waals surface area contributed by atoms with Crippen molar-refractivity contribution in [3.8, 4) is 0 Å². The Morgan fingerprint density at radius 3 is 2.71 bits per heavy atom. The Balaban J connectivity index is 2.69. The molecule has 2 atom stereocenters. The van der Waals surface area contributed by atoms with Crippen molar-refractivity contribution in [3.05, 3.63) is 28.8 Å². The zero-order chi connectivity index (χ0) is 12.8. The Kier molecular flexibility index (Phi) is 6.30. The zero-order valence-electron chi connectivity index (χ0n) is 9.98. The molecule has 2 unspecified atom stereocenters. The minimum Gasteiger partial charge on any atom is -0.394 e. The molecule has 0 saturated carbocycles. The lowest BCUT2D eigenvalue weighted by molar-refractivity contribution is 0.113. The highest BCUT2D eigenvalue weighted by atomic mass is 35.5. The van der Waals surface area contributed by atoms with Gasteiger partial charge in [-0.25, -0.2) is 0 Å². The van der Waals surface area contributed by atoms with Gasteiger partial charge in [-0.05, 0) is 31.7 Å². The highest BCUT2D eigenvalue weighted by Crippen LogP contribution is 2.30. The average Bonchev–Trinajstić information content (AvgIpc) is 2.35. The van der Waals surface area contributed by atoms with Gasteiger partial charge in [0.1, 0.15) is 0 Å². The van der Waals surface area contributed by atoms with Crippen molar-refractivity contribution in [3.63, 3.8) is 0 Å². The van der Waals surface area contributed by atoms with Crippen LogP contribution in [-0.2, 0) is 0 Å². The lowest BCUT2D eigenvalue weighted by atomic mass is 10.1. The largest absolute Gasteiger partial charge is 0.394 e. The summed E-state index contributed by atoms with van der Waals surface area (Å²) in [5.74, 6) is 0.442. The molecular weight excluding hydrogens is 258 g/mol. The first-order valence-corrected chi connectivity index (χ1v) is 6.83. The van der Waals surface area contributed by atoms with E-state index in [2.05, 4.69) is 12.2 Å². The van der Waals surface area contributed by atoms with E-state index in [-0.39, 0.29) is 12.6 Å². The summed E-state index contributed by atoms with van der Waals surface area (Å²) in [4.78, 5) is 0.922. The molecule has 1 aromatic carbocycles. The molecule has 0 fully saturated rings. The van der Waals surface area contributed by atoms with Gasteiger partial charge in [0.25, 0.3) is 0 Å². The Morgan fingerprint density at radius 1 is 1.47 bits per heavy atom. The third kappa shape index (κ3) is 4.48. The second-order valence-corrected chi connectivity index (χ2v) is 5.32. The number of aliphatic hydroxyl groups is 2. The fourth-order valence-electron chi connectivity index (χ4n) is 1.31. The smallest absolute Gasteiger partial charge is 0.0864 e. The number of thioether (sulfide) groups is 1. The number of rotatable bonds is 6. The van der Waals surface area contributed by atoms with E-state index in [9.17, 15) is 5.11 Å².